The van der Waals surface area contributed by atoms with Gasteiger partial charge in [-0.3, -0.25) is 4.79 Å². The van der Waals surface area contributed by atoms with E-state index in [1.807, 2.05) is 4.90 Å². The van der Waals surface area contributed by atoms with Crippen LogP contribution in [0.5, 0.6) is 5.75 Å². The normalized spacial score (nSPS) is 24.0. The molecular weight excluding hydrogens is 216 g/mol. The fourth-order valence-corrected chi connectivity index (χ4v) is 2.10. The largest absolute Gasteiger partial charge is 0.508 e. The predicted molar refractivity (Wildman–Crippen MR) is 65.5 cm³/mol. The number of rotatable bonds is 2. The summed E-state index contributed by atoms with van der Waals surface area (Å²) in [4.78, 5) is 13.8. The third-order valence-corrected chi connectivity index (χ3v) is 3.31. The van der Waals surface area contributed by atoms with Crippen LogP contribution in [0.4, 0.5) is 0 Å². The lowest BCUT2D eigenvalue weighted by molar-refractivity contribution is -0.129. The SMILES string of the molecule is CC1CN(C(=O)Cc2ccc(O)cc2)CC1N. The summed E-state index contributed by atoms with van der Waals surface area (Å²) >= 11 is 0. The fourth-order valence-electron chi connectivity index (χ4n) is 2.10. The molecule has 0 radical (unpaired) electrons. The van der Waals surface area contributed by atoms with Crippen molar-refractivity contribution in [3.8, 4) is 5.75 Å². The third-order valence-electron chi connectivity index (χ3n) is 3.31. The molecule has 2 rings (SSSR count). The molecule has 0 aromatic heterocycles. The number of hydrogen-bond acceptors (Lipinski definition) is 3. The van der Waals surface area contributed by atoms with Crippen molar-refractivity contribution >= 4 is 5.91 Å². The monoisotopic (exact) mass is 234 g/mol. The number of phenolic OH excluding ortho intramolecular Hbond substituents is 1. The molecule has 3 N–H and O–H groups in total. The van der Waals surface area contributed by atoms with Crippen LogP contribution >= 0.6 is 0 Å². The van der Waals surface area contributed by atoms with Crippen molar-refractivity contribution in [2.45, 2.75) is 19.4 Å². The van der Waals surface area contributed by atoms with Gasteiger partial charge in [0.05, 0.1) is 6.42 Å². The Kier molecular flexibility index (Phi) is 3.33. The third kappa shape index (κ3) is 2.77. The van der Waals surface area contributed by atoms with Gasteiger partial charge in [-0.1, -0.05) is 19.1 Å². The van der Waals surface area contributed by atoms with Gasteiger partial charge in [0.15, 0.2) is 0 Å². The summed E-state index contributed by atoms with van der Waals surface area (Å²) in [6.45, 7) is 3.47. The highest BCUT2D eigenvalue weighted by Gasteiger charge is 2.29. The Morgan fingerprint density at radius 2 is 2.06 bits per heavy atom. The van der Waals surface area contributed by atoms with Crippen LogP contribution in [0.1, 0.15) is 12.5 Å². The second-order valence-corrected chi connectivity index (χ2v) is 4.78. The molecule has 1 aromatic rings. The minimum absolute atomic E-state index is 0.0961. The topological polar surface area (TPSA) is 66.6 Å². The van der Waals surface area contributed by atoms with Gasteiger partial charge in [0.25, 0.3) is 0 Å². The maximum absolute atomic E-state index is 12.0. The van der Waals surface area contributed by atoms with E-state index in [1.54, 1.807) is 24.3 Å². The number of likely N-dealkylation sites (tertiary alicyclic amines) is 1. The summed E-state index contributed by atoms with van der Waals surface area (Å²) in [5.41, 5.74) is 6.81. The van der Waals surface area contributed by atoms with Gasteiger partial charge in [0.1, 0.15) is 5.75 Å². The molecule has 4 heteroatoms. The first kappa shape index (κ1) is 11.9. The Balaban J connectivity index is 1.96. The first-order chi connectivity index (χ1) is 8.06. The molecule has 1 saturated heterocycles. The molecule has 1 aromatic carbocycles. The van der Waals surface area contributed by atoms with Crippen molar-refractivity contribution in [3.63, 3.8) is 0 Å². The standard InChI is InChI=1S/C13H18N2O2/c1-9-7-15(8-12(9)14)13(17)6-10-2-4-11(16)5-3-10/h2-5,9,12,16H,6-8,14H2,1H3. The maximum atomic E-state index is 12.0. The molecule has 1 amide bonds. The highest BCUT2D eigenvalue weighted by Crippen LogP contribution is 2.16. The maximum Gasteiger partial charge on any atom is 0.227 e. The predicted octanol–water partition coefficient (Wildman–Crippen LogP) is 0.740. The molecule has 0 bridgehead atoms. The van der Waals surface area contributed by atoms with Gasteiger partial charge in [-0.25, -0.2) is 0 Å². The Labute approximate surface area is 101 Å². The Morgan fingerprint density at radius 3 is 2.59 bits per heavy atom. The average Bonchev–Trinajstić information content (AvgIpc) is 2.63. The van der Waals surface area contributed by atoms with Crippen LogP contribution in [0.3, 0.4) is 0 Å². The summed E-state index contributed by atoms with van der Waals surface area (Å²) in [5, 5.41) is 9.16. The number of aromatic hydroxyl groups is 1. The van der Waals surface area contributed by atoms with Crippen molar-refractivity contribution in [3.05, 3.63) is 29.8 Å². The number of phenols is 1. The zero-order chi connectivity index (χ0) is 12.4. The van der Waals surface area contributed by atoms with Crippen LogP contribution in [-0.2, 0) is 11.2 Å². The molecule has 0 saturated carbocycles. The van der Waals surface area contributed by atoms with Gasteiger partial charge in [-0.15, -0.1) is 0 Å². The van der Waals surface area contributed by atoms with Crippen molar-refractivity contribution in [2.24, 2.45) is 11.7 Å². The second kappa shape index (κ2) is 4.75. The highest BCUT2D eigenvalue weighted by molar-refractivity contribution is 5.79. The summed E-state index contributed by atoms with van der Waals surface area (Å²) < 4.78 is 0. The molecule has 4 nitrogen and oxygen atoms in total. The smallest absolute Gasteiger partial charge is 0.227 e. The van der Waals surface area contributed by atoms with Crippen molar-refractivity contribution in [1.29, 1.82) is 0 Å². The number of carbonyl (C=O) groups excluding carboxylic acids is 1. The van der Waals surface area contributed by atoms with E-state index in [9.17, 15) is 4.79 Å². The lowest BCUT2D eigenvalue weighted by Gasteiger charge is -2.15. The number of nitrogens with two attached hydrogens (primary N) is 1. The lowest BCUT2D eigenvalue weighted by Crippen LogP contribution is -2.33. The summed E-state index contributed by atoms with van der Waals surface area (Å²) in [6, 6.07) is 6.83. The van der Waals surface area contributed by atoms with Gasteiger partial charge < -0.3 is 15.7 Å². The Bertz CT molecular complexity index is 392. The van der Waals surface area contributed by atoms with Gasteiger partial charge in [-0.05, 0) is 23.6 Å². The molecule has 2 unspecified atom stereocenters. The van der Waals surface area contributed by atoms with Crippen molar-refractivity contribution in [1.82, 2.24) is 4.90 Å². The summed E-state index contributed by atoms with van der Waals surface area (Å²) in [6.07, 6.45) is 0.375. The van der Waals surface area contributed by atoms with Crippen LogP contribution in [0, 0.1) is 5.92 Å². The van der Waals surface area contributed by atoms with E-state index in [-0.39, 0.29) is 17.7 Å². The van der Waals surface area contributed by atoms with Crippen LogP contribution < -0.4 is 5.73 Å². The Morgan fingerprint density at radius 1 is 1.41 bits per heavy atom. The molecule has 1 heterocycles. The average molecular weight is 234 g/mol. The fraction of sp³-hybridized carbons (Fsp3) is 0.462. The first-order valence-electron chi connectivity index (χ1n) is 5.87. The van der Waals surface area contributed by atoms with E-state index in [1.165, 1.54) is 0 Å². The number of nitrogens with zero attached hydrogens (tertiary/aromatic N) is 1. The van der Waals surface area contributed by atoms with E-state index in [4.69, 9.17) is 10.8 Å². The van der Waals surface area contributed by atoms with E-state index < -0.39 is 0 Å². The van der Waals surface area contributed by atoms with E-state index in [0.717, 1.165) is 12.1 Å². The van der Waals surface area contributed by atoms with E-state index >= 15 is 0 Å². The molecule has 0 spiro atoms. The van der Waals surface area contributed by atoms with Gasteiger partial charge >= 0.3 is 0 Å². The number of amides is 1. The molecule has 1 fully saturated rings. The van der Waals surface area contributed by atoms with E-state index in [2.05, 4.69) is 6.92 Å². The molecule has 1 aliphatic rings. The van der Waals surface area contributed by atoms with Gasteiger partial charge in [0, 0.05) is 19.1 Å². The molecule has 2 atom stereocenters. The van der Waals surface area contributed by atoms with Crippen LogP contribution in [0.25, 0.3) is 0 Å². The van der Waals surface area contributed by atoms with Crippen LogP contribution in [-0.4, -0.2) is 35.0 Å². The minimum atomic E-state index is 0.0961. The van der Waals surface area contributed by atoms with Crippen LogP contribution in [0.15, 0.2) is 24.3 Å². The van der Waals surface area contributed by atoms with Crippen molar-refractivity contribution < 1.29 is 9.90 Å². The zero-order valence-electron chi connectivity index (χ0n) is 9.97. The molecule has 0 aliphatic carbocycles. The van der Waals surface area contributed by atoms with Gasteiger partial charge in [0.2, 0.25) is 5.91 Å². The number of hydrogen-bond donors (Lipinski definition) is 2. The number of benzene rings is 1. The Hall–Kier alpha value is -1.55. The highest BCUT2D eigenvalue weighted by atomic mass is 16.3. The molecular formula is C13H18N2O2. The number of carbonyl (C=O) groups is 1. The first-order valence-corrected chi connectivity index (χ1v) is 5.87. The van der Waals surface area contributed by atoms with Crippen LogP contribution in [0.2, 0.25) is 0 Å². The summed E-state index contributed by atoms with van der Waals surface area (Å²) in [5.74, 6) is 0.701. The molecule has 17 heavy (non-hydrogen) atoms. The quantitative estimate of drug-likeness (QED) is 0.793. The lowest BCUT2D eigenvalue weighted by atomic mass is 10.1. The van der Waals surface area contributed by atoms with Gasteiger partial charge in [-0.2, -0.15) is 0 Å². The summed E-state index contributed by atoms with van der Waals surface area (Å²) in [7, 11) is 0. The second-order valence-electron chi connectivity index (χ2n) is 4.78. The minimum Gasteiger partial charge on any atom is -0.508 e. The van der Waals surface area contributed by atoms with Crippen molar-refractivity contribution in [2.75, 3.05) is 13.1 Å². The molecule has 92 valence electrons. The molecule has 1 aliphatic heterocycles. The zero-order valence-corrected chi connectivity index (χ0v) is 9.97. The van der Waals surface area contributed by atoms with E-state index in [0.29, 0.717) is 18.9 Å².